The van der Waals surface area contributed by atoms with Gasteiger partial charge in [-0.05, 0) is 12.1 Å². The number of rotatable bonds is 1. The number of halogens is 1. The monoisotopic (exact) mass is 194 g/mol. The second kappa shape index (κ2) is 3.10. The van der Waals surface area contributed by atoms with Crippen LogP contribution in [0.5, 0.6) is 0 Å². The van der Waals surface area contributed by atoms with Gasteiger partial charge in [0.2, 0.25) is 0 Å². The second-order valence-corrected chi connectivity index (χ2v) is 2.76. The second-order valence-electron chi connectivity index (χ2n) is 2.76. The average molecular weight is 194 g/mol. The number of aromatic nitrogens is 2. The molecule has 0 spiro atoms. The summed E-state index contributed by atoms with van der Waals surface area (Å²) in [7, 11) is 0. The molecule has 0 bridgehead atoms. The van der Waals surface area contributed by atoms with Gasteiger partial charge in [0, 0.05) is 6.92 Å². The van der Waals surface area contributed by atoms with Gasteiger partial charge in [-0.1, -0.05) is 6.07 Å². The number of carbonyl (C=O) groups excluding carboxylic acids is 1. The van der Waals surface area contributed by atoms with Crippen molar-refractivity contribution in [1.82, 2.24) is 9.71 Å². The fraction of sp³-hybridized carbons (Fsp3) is 0.111. The van der Waals surface area contributed by atoms with Crippen molar-refractivity contribution in [3.8, 4) is 0 Å². The van der Waals surface area contributed by atoms with Crippen molar-refractivity contribution in [1.29, 1.82) is 0 Å². The van der Waals surface area contributed by atoms with Gasteiger partial charge < -0.3 is 4.84 Å². The zero-order valence-electron chi connectivity index (χ0n) is 7.40. The average Bonchev–Trinajstić information content (AvgIpc) is 2.49. The van der Waals surface area contributed by atoms with E-state index in [1.165, 1.54) is 19.3 Å². The van der Waals surface area contributed by atoms with Gasteiger partial charge in [0.25, 0.3) is 0 Å². The molecule has 0 saturated heterocycles. The maximum Gasteiger partial charge on any atom is 0.329 e. The van der Waals surface area contributed by atoms with Crippen molar-refractivity contribution in [3.63, 3.8) is 0 Å². The van der Waals surface area contributed by atoms with E-state index in [-0.39, 0.29) is 5.52 Å². The van der Waals surface area contributed by atoms with Gasteiger partial charge in [-0.3, -0.25) is 0 Å². The molecule has 0 N–H and O–H groups in total. The van der Waals surface area contributed by atoms with E-state index in [2.05, 4.69) is 4.98 Å². The molecule has 72 valence electrons. The molecular weight excluding hydrogens is 187 g/mol. The molecule has 14 heavy (non-hydrogen) atoms. The quantitative estimate of drug-likeness (QED) is 0.684. The van der Waals surface area contributed by atoms with Crippen LogP contribution in [-0.4, -0.2) is 15.7 Å². The molecule has 4 nitrogen and oxygen atoms in total. The van der Waals surface area contributed by atoms with Crippen molar-refractivity contribution in [2.45, 2.75) is 6.92 Å². The van der Waals surface area contributed by atoms with Crippen LogP contribution >= 0.6 is 0 Å². The summed E-state index contributed by atoms with van der Waals surface area (Å²) in [4.78, 5) is 19.3. The Morgan fingerprint density at radius 1 is 1.57 bits per heavy atom. The lowest BCUT2D eigenvalue weighted by atomic mass is 10.3. The molecule has 0 unspecified atom stereocenters. The third-order valence-electron chi connectivity index (χ3n) is 1.71. The van der Waals surface area contributed by atoms with E-state index in [9.17, 15) is 9.18 Å². The van der Waals surface area contributed by atoms with Crippen LogP contribution in [0.3, 0.4) is 0 Å². The Morgan fingerprint density at radius 3 is 3.07 bits per heavy atom. The molecule has 2 rings (SSSR count). The molecule has 1 aromatic heterocycles. The van der Waals surface area contributed by atoms with Crippen LogP contribution in [0.1, 0.15) is 6.92 Å². The minimum absolute atomic E-state index is 0.169. The van der Waals surface area contributed by atoms with Crippen LogP contribution in [0.4, 0.5) is 4.39 Å². The van der Waals surface area contributed by atoms with Gasteiger partial charge in [-0.15, -0.1) is 0 Å². The van der Waals surface area contributed by atoms with Crippen molar-refractivity contribution >= 4 is 17.0 Å². The van der Waals surface area contributed by atoms with E-state index >= 15 is 0 Å². The fourth-order valence-corrected chi connectivity index (χ4v) is 1.21. The third-order valence-corrected chi connectivity index (χ3v) is 1.71. The molecule has 1 heterocycles. The lowest BCUT2D eigenvalue weighted by Crippen LogP contribution is -2.15. The molecule has 0 aliphatic rings. The third kappa shape index (κ3) is 1.32. The SMILES string of the molecule is CC(=O)On1cnc2cccc(F)c21. The van der Waals surface area contributed by atoms with E-state index in [1.54, 1.807) is 12.1 Å². The molecule has 0 radical (unpaired) electrons. The zero-order chi connectivity index (χ0) is 10.1. The zero-order valence-corrected chi connectivity index (χ0v) is 7.40. The van der Waals surface area contributed by atoms with Gasteiger partial charge in [0.15, 0.2) is 5.82 Å². The number of fused-ring (bicyclic) bond motifs is 1. The molecule has 0 saturated carbocycles. The first-order valence-electron chi connectivity index (χ1n) is 3.99. The summed E-state index contributed by atoms with van der Waals surface area (Å²) in [6.45, 7) is 1.24. The van der Waals surface area contributed by atoms with E-state index in [0.29, 0.717) is 5.52 Å². The number of hydrogen-bond donors (Lipinski definition) is 0. The number of benzene rings is 1. The van der Waals surface area contributed by atoms with Crippen LogP contribution in [0, 0.1) is 5.82 Å². The highest BCUT2D eigenvalue weighted by Gasteiger charge is 2.09. The molecule has 1 aromatic carbocycles. The van der Waals surface area contributed by atoms with Crippen molar-refractivity contribution in [2.75, 3.05) is 0 Å². The smallest absolute Gasteiger partial charge is 0.329 e. The predicted octanol–water partition coefficient (Wildman–Crippen LogP) is 1.15. The summed E-state index contributed by atoms with van der Waals surface area (Å²) in [5, 5.41) is 0. The summed E-state index contributed by atoms with van der Waals surface area (Å²) in [6, 6.07) is 4.46. The summed E-state index contributed by atoms with van der Waals surface area (Å²) in [5.74, 6) is -0.992. The lowest BCUT2D eigenvalue weighted by Gasteiger charge is -2.01. The summed E-state index contributed by atoms with van der Waals surface area (Å²) < 4.78 is 14.3. The Balaban J connectivity index is 2.61. The van der Waals surface area contributed by atoms with Gasteiger partial charge in [-0.2, -0.15) is 4.73 Å². The van der Waals surface area contributed by atoms with E-state index in [0.717, 1.165) is 4.73 Å². The Kier molecular flexibility index (Phi) is 1.92. The minimum atomic E-state index is -0.521. The molecule has 0 fully saturated rings. The highest BCUT2D eigenvalue weighted by atomic mass is 19.1. The minimum Gasteiger partial charge on any atom is -0.335 e. The highest BCUT2D eigenvalue weighted by molar-refractivity contribution is 5.76. The molecule has 0 aliphatic carbocycles. The first-order valence-corrected chi connectivity index (χ1v) is 3.99. The number of carbonyl (C=O) groups is 1. The number of para-hydroxylation sites is 1. The topological polar surface area (TPSA) is 44.1 Å². The van der Waals surface area contributed by atoms with Crippen LogP contribution in [0.2, 0.25) is 0 Å². The summed E-state index contributed by atoms with van der Waals surface area (Å²) in [6.07, 6.45) is 1.26. The van der Waals surface area contributed by atoms with Gasteiger partial charge in [0.1, 0.15) is 11.8 Å². The molecule has 2 aromatic rings. The van der Waals surface area contributed by atoms with Crippen LogP contribution in [0.15, 0.2) is 24.5 Å². The predicted molar refractivity (Wildman–Crippen MR) is 47.0 cm³/mol. The number of nitrogens with zero attached hydrogens (tertiary/aromatic N) is 2. The summed E-state index contributed by atoms with van der Waals surface area (Å²) in [5.41, 5.74) is 0.619. The van der Waals surface area contributed by atoms with Crippen molar-refractivity contribution in [3.05, 3.63) is 30.3 Å². The molecular formula is C9H7FN2O2. The van der Waals surface area contributed by atoms with E-state index in [1.807, 2.05) is 0 Å². The largest absolute Gasteiger partial charge is 0.335 e. The lowest BCUT2D eigenvalue weighted by molar-refractivity contribution is -0.141. The number of hydrogen-bond acceptors (Lipinski definition) is 3. The standard InChI is InChI=1S/C9H7FN2O2/c1-6(13)14-12-5-11-8-4-2-3-7(10)9(8)12/h2-5H,1H3. The summed E-state index contributed by atoms with van der Waals surface area (Å²) >= 11 is 0. The first kappa shape index (κ1) is 8.68. The van der Waals surface area contributed by atoms with Crippen LogP contribution in [0.25, 0.3) is 11.0 Å². The van der Waals surface area contributed by atoms with Crippen molar-refractivity contribution < 1.29 is 14.0 Å². The molecule has 0 aliphatic heterocycles. The van der Waals surface area contributed by atoms with Gasteiger partial charge in [0.05, 0.1) is 5.52 Å². The fourth-order valence-electron chi connectivity index (χ4n) is 1.21. The maximum absolute atomic E-state index is 13.3. The van der Waals surface area contributed by atoms with Crippen LogP contribution in [-0.2, 0) is 4.79 Å². The molecule has 5 heteroatoms. The number of imidazole rings is 1. The Hall–Kier alpha value is -1.91. The Labute approximate surface area is 78.9 Å². The van der Waals surface area contributed by atoms with Crippen LogP contribution < -0.4 is 4.84 Å². The van der Waals surface area contributed by atoms with E-state index < -0.39 is 11.8 Å². The normalized spacial score (nSPS) is 10.4. The Bertz CT molecular complexity index is 493. The maximum atomic E-state index is 13.3. The first-order chi connectivity index (χ1) is 6.68. The van der Waals surface area contributed by atoms with Gasteiger partial charge in [-0.25, -0.2) is 14.2 Å². The molecule has 0 amide bonds. The van der Waals surface area contributed by atoms with Gasteiger partial charge >= 0.3 is 5.97 Å². The molecule has 0 atom stereocenters. The highest BCUT2D eigenvalue weighted by Crippen LogP contribution is 2.14. The van der Waals surface area contributed by atoms with E-state index in [4.69, 9.17) is 4.84 Å². The van der Waals surface area contributed by atoms with Crippen molar-refractivity contribution in [2.24, 2.45) is 0 Å². The Morgan fingerprint density at radius 2 is 2.36 bits per heavy atom.